The van der Waals surface area contributed by atoms with Crippen molar-refractivity contribution in [1.82, 2.24) is 10.3 Å². The molecule has 1 fully saturated rings. The molecule has 2 rings (SSSR count). The molecule has 0 spiro atoms. The molecule has 0 saturated heterocycles. The van der Waals surface area contributed by atoms with E-state index in [4.69, 9.17) is 27.9 Å². The summed E-state index contributed by atoms with van der Waals surface area (Å²) < 4.78 is 5.47. The first-order chi connectivity index (χ1) is 8.66. The Labute approximate surface area is 116 Å². The van der Waals surface area contributed by atoms with Gasteiger partial charge in [0.15, 0.2) is 0 Å². The van der Waals surface area contributed by atoms with Crippen molar-refractivity contribution in [2.24, 2.45) is 5.92 Å². The van der Waals surface area contributed by atoms with E-state index in [1.807, 2.05) is 0 Å². The number of carbonyl (C=O) groups is 1. The van der Waals surface area contributed by atoms with Gasteiger partial charge in [0, 0.05) is 19.8 Å². The van der Waals surface area contributed by atoms with Gasteiger partial charge in [-0.25, -0.2) is 0 Å². The third-order valence-electron chi connectivity index (χ3n) is 2.77. The fourth-order valence-corrected chi connectivity index (χ4v) is 1.85. The quantitative estimate of drug-likeness (QED) is 0.759. The zero-order valence-electron chi connectivity index (χ0n) is 9.97. The number of rotatable bonds is 7. The largest absolute Gasteiger partial charge is 0.381 e. The fourth-order valence-electron chi connectivity index (χ4n) is 1.53. The lowest BCUT2D eigenvalue weighted by molar-refractivity contribution is 0.0933. The summed E-state index contributed by atoms with van der Waals surface area (Å²) in [6.07, 6.45) is 3.40. The first kappa shape index (κ1) is 13.7. The SMILES string of the molecule is O=C(NCCCOCC1CC1)c1cc(Cl)c(Cl)[nH]1. The first-order valence-corrected chi connectivity index (χ1v) is 6.82. The second-order valence-electron chi connectivity index (χ2n) is 4.47. The molecule has 1 aliphatic rings. The van der Waals surface area contributed by atoms with E-state index in [1.165, 1.54) is 18.9 Å². The van der Waals surface area contributed by atoms with Crippen molar-refractivity contribution < 1.29 is 9.53 Å². The number of hydrogen-bond donors (Lipinski definition) is 2. The highest BCUT2D eigenvalue weighted by Crippen LogP contribution is 2.28. The third kappa shape index (κ3) is 4.19. The molecule has 0 aliphatic heterocycles. The zero-order chi connectivity index (χ0) is 13.0. The van der Waals surface area contributed by atoms with E-state index in [0.29, 0.717) is 23.9 Å². The monoisotopic (exact) mass is 290 g/mol. The Balaban J connectivity index is 1.59. The van der Waals surface area contributed by atoms with Crippen molar-refractivity contribution in [2.45, 2.75) is 19.3 Å². The minimum atomic E-state index is -0.203. The number of hydrogen-bond acceptors (Lipinski definition) is 2. The minimum Gasteiger partial charge on any atom is -0.381 e. The molecule has 2 N–H and O–H groups in total. The molecule has 0 aromatic carbocycles. The van der Waals surface area contributed by atoms with Gasteiger partial charge in [-0.3, -0.25) is 4.79 Å². The van der Waals surface area contributed by atoms with Crippen LogP contribution < -0.4 is 5.32 Å². The van der Waals surface area contributed by atoms with Crippen LogP contribution in [-0.4, -0.2) is 30.6 Å². The maximum Gasteiger partial charge on any atom is 0.267 e. The Morgan fingerprint density at radius 2 is 2.28 bits per heavy atom. The molecule has 1 heterocycles. The van der Waals surface area contributed by atoms with E-state index in [0.717, 1.165) is 18.9 Å². The summed E-state index contributed by atoms with van der Waals surface area (Å²) in [5.74, 6) is 0.578. The molecular weight excluding hydrogens is 275 g/mol. The number of aromatic amines is 1. The Morgan fingerprint density at radius 1 is 1.50 bits per heavy atom. The number of halogens is 2. The van der Waals surface area contributed by atoms with E-state index >= 15 is 0 Å². The van der Waals surface area contributed by atoms with E-state index in [1.54, 1.807) is 0 Å². The number of carbonyl (C=O) groups excluding carboxylic acids is 1. The Bertz CT molecular complexity index is 397. The first-order valence-electron chi connectivity index (χ1n) is 6.07. The highest BCUT2D eigenvalue weighted by Gasteiger charge is 2.20. The molecule has 0 unspecified atom stereocenters. The Kier molecular flexibility index (Phi) is 4.92. The molecule has 6 heteroatoms. The van der Waals surface area contributed by atoms with E-state index in [-0.39, 0.29) is 11.1 Å². The highest BCUT2D eigenvalue weighted by molar-refractivity contribution is 6.41. The average molecular weight is 291 g/mol. The van der Waals surface area contributed by atoms with Gasteiger partial charge >= 0.3 is 0 Å². The van der Waals surface area contributed by atoms with Crippen molar-refractivity contribution in [2.75, 3.05) is 19.8 Å². The van der Waals surface area contributed by atoms with Gasteiger partial charge in [-0.05, 0) is 31.2 Å². The molecule has 100 valence electrons. The summed E-state index contributed by atoms with van der Waals surface area (Å²) in [5.41, 5.74) is 0.379. The number of aromatic nitrogens is 1. The number of amides is 1. The summed E-state index contributed by atoms with van der Waals surface area (Å²) in [7, 11) is 0. The van der Waals surface area contributed by atoms with E-state index < -0.39 is 0 Å². The summed E-state index contributed by atoms with van der Waals surface area (Å²) in [5, 5.41) is 3.42. The standard InChI is InChI=1S/C12H16Cl2N2O2/c13-9-6-10(16-11(9)14)12(17)15-4-1-5-18-7-8-2-3-8/h6,8,16H,1-5,7H2,(H,15,17). The van der Waals surface area contributed by atoms with E-state index in [9.17, 15) is 4.79 Å². The summed E-state index contributed by atoms with van der Waals surface area (Å²) in [6.45, 7) is 2.12. The van der Waals surface area contributed by atoms with Crippen LogP contribution in [0.3, 0.4) is 0 Å². The van der Waals surface area contributed by atoms with Crippen molar-refractivity contribution >= 4 is 29.1 Å². The number of H-pyrrole nitrogens is 1. The maximum absolute atomic E-state index is 11.7. The van der Waals surface area contributed by atoms with Crippen LogP contribution in [0.2, 0.25) is 10.2 Å². The van der Waals surface area contributed by atoms with Crippen LogP contribution in [0.5, 0.6) is 0 Å². The molecule has 1 aliphatic carbocycles. The molecule has 1 saturated carbocycles. The van der Waals surface area contributed by atoms with Crippen LogP contribution in [-0.2, 0) is 4.74 Å². The molecule has 0 radical (unpaired) electrons. The highest BCUT2D eigenvalue weighted by atomic mass is 35.5. The lowest BCUT2D eigenvalue weighted by Crippen LogP contribution is -2.25. The van der Waals surface area contributed by atoms with Crippen molar-refractivity contribution in [3.63, 3.8) is 0 Å². The van der Waals surface area contributed by atoms with Crippen LogP contribution in [0, 0.1) is 5.92 Å². The van der Waals surface area contributed by atoms with Gasteiger partial charge in [0.2, 0.25) is 0 Å². The summed E-state index contributed by atoms with van der Waals surface area (Å²) >= 11 is 11.5. The van der Waals surface area contributed by atoms with Gasteiger partial charge < -0.3 is 15.0 Å². The van der Waals surface area contributed by atoms with Gasteiger partial charge in [-0.15, -0.1) is 0 Å². The predicted molar refractivity (Wildman–Crippen MR) is 71.3 cm³/mol. The van der Waals surface area contributed by atoms with Gasteiger partial charge in [-0.1, -0.05) is 23.2 Å². The van der Waals surface area contributed by atoms with Crippen molar-refractivity contribution in [3.05, 3.63) is 21.9 Å². The predicted octanol–water partition coefficient (Wildman–Crippen LogP) is 2.87. The van der Waals surface area contributed by atoms with Crippen LogP contribution in [0.4, 0.5) is 0 Å². The maximum atomic E-state index is 11.7. The Hall–Kier alpha value is -0.710. The second-order valence-corrected chi connectivity index (χ2v) is 5.26. The van der Waals surface area contributed by atoms with Crippen molar-refractivity contribution in [3.8, 4) is 0 Å². The van der Waals surface area contributed by atoms with Gasteiger partial charge in [0.1, 0.15) is 10.8 Å². The van der Waals surface area contributed by atoms with E-state index in [2.05, 4.69) is 10.3 Å². The normalized spacial score (nSPS) is 14.8. The van der Waals surface area contributed by atoms with Crippen LogP contribution >= 0.6 is 23.2 Å². The fraction of sp³-hybridized carbons (Fsp3) is 0.583. The van der Waals surface area contributed by atoms with Gasteiger partial charge in [0.05, 0.1) is 5.02 Å². The molecule has 0 atom stereocenters. The smallest absolute Gasteiger partial charge is 0.267 e. The topological polar surface area (TPSA) is 54.1 Å². The molecule has 1 aromatic heterocycles. The van der Waals surface area contributed by atoms with Crippen LogP contribution in [0.1, 0.15) is 29.8 Å². The van der Waals surface area contributed by atoms with Crippen molar-refractivity contribution in [1.29, 1.82) is 0 Å². The average Bonchev–Trinajstić information content (AvgIpc) is 3.10. The molecular formula is C12H16Cl2N2O2. The Morgan fingerprint density at radius 3 is 2.89 bits per heavy atom. The number of nitrogens with one attached hydrogen (secondary N) is 2. The second kappa shape index (κ2) is 6.45. The van der Waals surface area contributed by atoms with Gasteiger partial charge in [-0.2, -0.15) is 0 Å². The third-order valence-corrected chi connectivity index (χ3v) is 3.46. The molecule has 1 amide bonds. The molecule has 0 bridgehead atoms. The molecule has 1 aromatic rings. The van der Waals surface area contributed by atoms with Gasteiger partial charge in [0.25, 0.3) is 5.91 Å². The zero-order valence-corrected chi connectivity index (χ0v) is 11.5. The lowest BCUT2D eigenvalue weighted by Gasteiger charge is -2.04. The van der Waals surface area contributed by atoms with Crippen LogP contribution in [0.15, 0.2) is 6.07 Å². The number of ether oxygens (including phenoxy) is 1. The summed E-state index contributed by atoms with van der Waals surface area (Å²) in [6, 6.07) is 1.52. The molecule has 18 heavy (non-hydrogen) atoms. The van der Waals surface area contributed by atoms with Crippen LogP contribution in [0.25, 0.3) is 0 Å². The summed E-state index contributed by atoms with van der Waals surface area (Å²) in [4.78, 5) is 14.4. The lowest BCUT2D eigenvalue weighted by atomic mass is 10.4. The molecule has 4 nitrogen and oxygen atoms in total. The minimum absolute atomic E-state index is 0.203.